The molecule has 1 N–H and O–H groups in total. The summed E-state index contributed by atoms with van der Waals surface area (Å²) in [4.78, 5) is 1.74. The van der Waals surface area contributed by atoms with Crippen LogP contribution in [0.25, 0.3) is 0 Å². The lowest BCUT2D eigenvalue weighted by Gasteiger charge is -2.25. The number of rotatable bonds is 6. The van der Waals surface area contributed by atoms with Crippen LogP contribution in [0.15, 0.2) is 18.2 Å². The zero-order valence-corrected chi connectivity index (χ0v) is 11.0. The molecule has 0 spiro atoms. The van der Waals surface area contributed by atoms with Gasteiger partial charge in [0.25, 0.3) is 0 Å². The minimum Gasteiger partial charge on any atom is -0.368 e. The molecular weight excluding hydrogens is 260 g/mol. The lowest BCUT2D eigenvalue weighted by molar-refractivity contribution is -0.137. The van der Waals surface area contributed by atoms with Gasteiger partial charge in [0.15, 0.2) is 0 Å². The van der Waals surface area contributed by atoms with Crippen LogP contribution in [0.5, 0.6) is 0 Å². The minimum absolute atomic E-state index is 0.213. The lowest BCUT2D eigenvalue weighted by atomic mass is 10.1. The van der Waals surface area contributed by atoms with Crippen LogP contribution in [0, 0.1) is 5.82 Å². The Kier molecular flexibility index (Phi) is 5.60. The summed E-state index contributed by atoms with van der Waals surface area (Å²) < 4.78 is 51.2. The predicted octanol–water partition coefficient (Wildman–Crippen LogP) is 3.28. The van der Waals surface area contributed by atoms with E-state index in [1.807, 2.05) is 6.92 Å². The molecule has 1 aromatic carbocycles. The van der Waals surface area contributed by atoms with E-state index in [4.69, 9.17) is 0 Å². The van der Waals surface area contributed by atoms with Crippen molar-refractivity contribution in [2.45, 2.75) is 19.5 Å². The largest absolute Gasteiger partial charge is 0.416 e. The van der Waals surface area contributed by atoms with Gasteiger partial charge in [0.2, 0.25) is 0 Å². The highest BCUT2D eigenvalue weighted by Crippen LogP contribution is 2.32. The monoisotopic (exact) mass is 278 g/mol. The molecule has 0 saturated carbocycles. The molecule has 0 saturated heterocycles. The van der Waals surface area contributed by atoms with Gasteiger partial charge in [-0.25, -0.2) is 4.39 Å². The molecule has 0 radical (unpaired) electrons. The van der Waals surface area contributed by atoms with Gasteiger partial charge in [-0.05, 0) is 31.7 Å². The van der Waals surface area contributed by atoms with E-state index >= 15 is 0 Å². The lowest BCUT2D eigenvalue weighted by Crippen LogP contribution is -2.32. The molecule has 0 heterocycles. The minimum atomic E-state index is -4.51. The third kappa shape index (κ3) is 4.38. The van der Waals surface area contributed by atoms with Gasteiger partial charge in [-0.3, -0.25) is 0 Å². The van der Waals surface area contributed by atoms with Crippen molar-refractivity contribution in [1.29, 1.82) is 0 Å². The number of likely N-dealkylation sites (N-methyl/N-ethyl adjacent to an activating group) is 1. The molecule has 0 bridgehead atoms. The zero-order valence-electron chi connectivity index (χ0n) is 11.0. The molecule has 0 aliphatic rings. The number of hydrogen-bond acceptors (Lipinski definition) is 2. The number of nitrogens with one attached hydrogen (secondary N) is 1. The standard InChI is InChI=1S/C13H18F4N2/c1-3-7-19(8-6-18-2)12-5-4-10(9-11(12)14)13(15,16)17/h4-5,9,18H,3,6-8H2,1-2H3. The summed E-state index contributed by atoms with van der Waals surface area (Å²) in [6, 6.07) is 2.67. The van der Waals surface area contributed by atoms with E-state index in [0.29, 0.717) is 25.7 Å². The second kappa shape index (κ2) is 6.75. The molecule has 0 aromatic heterocycles. The molecule has 108 valence electrons. The number of hydrogen-bond donors (Lipinski definition) is 1. The van der Waals surface area contributed by atoms with Crippen molar-refractivity contribution in [3.63, 3.8) is 0 Å². The molecule has 0 aliphatic heterocycles. The first-order valence-electron chi connectivity index (χ1n) is 6.16. The van der Waals surface area contributed by atoms with Crippen molar-refractivity contribution in [1.82, 2.24) is 5.32 Å². The molecule has 1 aromatic rings. The zero-order chi connectivity index (χ0) is 14.5. The molecule has 6 heteroatoms. The Morgan fingerprint density at radius 2 is 1.89 bits per heavy atom. The van der Waals surface area contributed by atoms with Crippen molar-refractivity contribution in [3.05, 3.63) is 29.6 Å². The molecule has 0 unspecified atom stereocenters. The molecule has 0 aliphatic carbocycles. The molecular formula is C13H18F4N2. The van der Waals surface area contributed by atoms with E-state index in [0.717, 1.165) is 12.5 Å². The van der Waals surface area contributed by atoms with Gasteiger partial charge in [0.1, 0.15) is 5.82 Å². The van der Waals surface area contributed by atoms with Crippen molar-refractivity contribution in [2.24, 2.45) is 0 Å². The van der Waals surface area contributed by atoms with Gasteiger partial charge in [-0.2, -0.15) is 13.2 Å². The fraction of sp³-hybridized carbons (Fsp3) is 0.538. The molecule has 2 nitrogen and oxygen atoms in total. The Morgan fingerprint density at radius 1 is 1.21 bits per heavy atom. The summed E-state index contributed by atoms with van der Waals surface area (Å²) in [5, 5.41) is 2.94. The first-order valence-corrected chi connectivity index (χ1v) is 6.16. The van der Waals surface area contributed by atoms with Crippen LogP contribution in [0.2, 0.25) is 0 Å². The Hall–Kier alpha value is -1.30. The molecule has 0 atom stereocenters. The smallest absolute Gasteiger partial charge is 0.368 e. The van der Waals surface area contributed by atoms with Crippen LogP contribution in [0.3, 0.4) is 0 Å². The van der Waals surface area contributed by atoms with Gasteiger partial charge in [0.05, 0.1) is 11.3 Å². The first-order chi connectivity index (χ1) is 8.90. The van der Waals surface area contributed by atoms with Gasteiger partial charge < -0.3 is 10.2 Å². The van der Waals surface area contributed by atoms with Crippen molar-refractivity contribution < 1.29 is 17.6 Å². The van der Waals surface area contributed by atoms with Gasteiger partial charge >= 0.3 is 6.18 Å². The predicted molar refractivity (Wildman–Crippen MR) is 67.8 cm³/mol. The van der Waals surface area contributed by atoms with Gasteiger partial charge in [-0.15, -0.1) is 0 Å². The second-order valence-electron chi connectivity index (χ2n) is 4.25. The average molecular weight is 278 g/mol. The van der Waals surface area contributed by atoms with Crippen LogP contribution < -0.4 is 10.2 Å². The summed E-state index contributed by atoms with van der Waals surface area (Å²) in [5.74, 6) is -0.834. The van der Waals surface area contributed by atoms with Gasteiger partial charge in [0, 0.05) is 19.6 Å². The summed E-state index contributed by atoms with van der Waals surface area (Å²) in [6.07, 6.45) is -3.72. The molecule has 0 amide bonds. The number of nitrogens with zero attached hydrogens (tertiary/aromatic N) is 1. The highest BCUT2D eigenvalue weighted by Gasteiger charge is 2.31. The van der Waals surface area contributed by atoms with Crippen LogP contribution in [-0.4, -0.2) is 26.7 Å². The summed E-state index contributed by atoms with van der Waals surface area (Å²) >= 11 is 0. The molecule has 0 fully saturated rings. The third-order valence-electron chi connectivity index (χ3n) is 2.74. The summed E-state index contributed by atoms with van der Waals surface area (Å²) in [5.41, 5.74) is -0.746. The number of halogens is 4. The van der Waals surface area contributed by atoms with E-state index in [9.17, 15) is 17.6 Å². The van der Waals surface area contributed by atoms with Crippen molar-refractivity contribution >= 4 is 5.69 Å². The highest BCUT2D eigenvalue weighted by atomic mass is 19.4. The summed E-state index contributed by atoms with van der Waals surface area (Å²) in [7, 11) is 1.77. The molecule has 19 heavy (non-hydrogen) atoms. The maximum Gasteiger partial charge on any atom is 0.416 e. The van der Waals surface area contributed by atoms with E-state index in [1.165, 1.54) is 6.07 Å². The maximum atomic E-state index is 13.8. The topological polar surface area (TPSA) is 15.3 Å². The van der Waals surface area contributed by atoms with Crippen LogP contribution in [0.1, 0.15) is 18.9 Å². The van der Waals surface area contributed by atoms with Crippen molar-refractivity contribution in [3.8, 4) is 0 Å². The van der Waals surface area contributed by atoms with Crippen LogP contribution in [-0.2, 0) is 6.18 Å². The SMILES string of the molecule is CCCN(CCNC)c1ccc(C(F)(F)F)cc1F. The number of anilines is 1. The van der Waals surface area contributed by atoms with Crippen LogP contribution >= 0.6 is 0 Å². The van der Waals surface area contributed by atoms with E-state index in [1.54, 1.807) is 11.9 Å². The van der Waals surface area contributed by atoms with E-state index in [-0.39, 0.29) is 5.69 Å². The number of benzene rings is 1. The normalized spacial score (nSPS) is 11.7. The Morgan fingerprint density at radius 3 is 2.37 bits per heavy atom. The Labute approximate surface area is 110 Å². The third-order valence-corrected chi connectivity index (χ3v) is 2.74. The summed E-state index contributed by atoms with van der Waals surface area (Å²) in [6.45, 7) is 3.73. The van der Waals surface area contributed by atoms with E-state index < -0.39 is 17.6 Å². The van der Waals surface area contributed by atoms with Crippen molar-refractivity contribution in [2.75, 3.05) is 31.6 Å². The first kappa shape index (κ1) is 15.8. The second-order valence-corrected chi connectivity index (χ2v) is 4.25. The highest BCUT2D eigenvalue weighted by molar-refractivity contribution is 5.49. The Balaban J connectivity index is 2.97. The van der Waals surface area contributed by atoms with E-state index in [2.05, 4.69) is 5.32 Å². The number of alkyl halides is 3. The van der Waals surface area contributed by atoms with Crippen LogP contribution in [0.4, 0.5) is 23.2 Å². The molecule has 1 rings (SSSR count). The fourth-order valence-electron chi connectivity index (χ4n) is 1.81. The van der Waals surface area contributed by atoms with Gasteiger partial charge in [-0.1, -0.05) is 6.92 Å². The maximum absolute atomic E-state index is 13.8. The fourth-order valence-corrected chi connectivity index (χ4v) is 1.81. The Bertz CT molecular complexity index is 404. The quantitative estimate of drug-likeness (QED) is 0.803. The average Bonchev–Trinajstić information content (AvgIpc) is 2.33.